The van der Waals surface area contributed by atoms with Crippen molar-refractivity contribution >= 4 is 27.3 Å². The van der Waals surface area contributed by atoms with Gasteiger partial charge >= 0.3 is 0 Å². The summed E-state index contributed by atoms with van der Waals surface area (Å²) < 4.78 is 35.6. The van der Waals surface area contributed by atoms with E-state index in [4.69, 9.17) is 9.26 Å². The maximum Gasteiger partial charge on any atom is 0.229 e. The SMILES string of the molecule is COc1ccc(NC(=O)CCc2nc(-c3cccnc3)no2)cc1NS(C)(=O)=O. The van der Waals surface area contributed by atoms with Crippen LogP contribution in [0.4, 0.5) is 11.4 Å². The lowest BCUT2D eigenvalue weighted by atomic mass is 10.2. The number of methoxy groups -OCH3 is 1. The molecule has 0 aliphatic carbocycles. The number of nitrogens with zero attached hydrogens (tertiary/aromatic N) is 3. The first-order valence-electron chi connectivity index (χ1n) is 8.53. The van der Waals surface area contributed by atoms with Crippen LogP contribution in [0.3, 0.4) is 0 Å². The molecule has 0 bridgehead atoms. The van der Waals surface area contributed by atoms with Gasteiger partial charge in [-0.25, -0.2) is 8.42 Å². The number of nitrogens with one attached hydrogen (secondary N) is 2. The molecule has 11 heteroatoms. The van der Waals surface area contributed by atoms with Crippen LogP contribution in [0.15, 0.2) is 47.2 Å². The Labute approximate surface area is 167 Å². The van der Waals surface area contributed by atoms with Gasteiger partial charge in [0.1, 0.15) is 5.75 Å². The molecule has 0 saturated carbocycles. The molecule has 0 unspecified atom stereocenters. The van der Waals surface area contributed by atoms with E-state index in [1.165, 1.54) is 13.2 Å². The number of benzene rings is 1. The number of sulfonamides is 1. The molecule has 2 heterocycles. The van der Waals surface area contributed by atoms with Gasteiger partial charge in [0.15, 0.2) is 0 Å². The third-order valence-corrected chi connectivity index (χ3v) is 4.32. The summed E-state index contributed by atoms with van der Waals surface area (Å²) in [6, 6.07) is 8.21. The van der Waals surface area contributed by atoms with Gasteiger partial charge in [0.2, 0.25) is 27.6 Å². The largest absolute Gasteiger partial charge is 0.495 e. The van der Waals surface area contributed by atoms with Gasteiger partial charge in [0, 0.05) is 36.5 Å². The first kappa shape index (κ1) is 20.3. The minimum absolute atomic E-state index is 0.107. The molecule has 3 rings (SSSR count). The van der Waals surface area contributed by atoms with Crippen molar-refractivity contribution in [2.75, 3.05) is 23.4 Å². The van der Waals surface area contributed by atoms with Crippen LogP contribution in [0.1, 0.15) is 12.3 Å². The van der Waals surface area contributed by atoms with Crippen LogP contribution >= 0.6 is 0 Å². The minimum atomic E-state index is -3.50. The highest BCUT2D eigenvalue weighted by Crippen LogP contribution is 2.28. The van der Waals surface area contributed by atoms with Crippen molar-refractivity contribution in [3.8, 4) is 17.1 Å². The number of pyridine rings is 1. The Morgan fingerprint density at radius 2 is 2.10 bits per heavy atom. The Morgan fingerprint density at radius 3 is 2.79 bits per heavy atom. The number of carbonyl (C=O) groups excluding carboxylic acids is 1. The van der Waals surface area contributed by atoms with E-state index in [1.807, 2.05) is 0 Å². The van der Waals surface area contributed by atoms with Gasteiger partial charge < -0.3 is 14.6 Å². The molecule has 10 nitrogen and oxygen atoms in total. The fourth-order valence-corrected chi connectivity index (χ4v) is 3.04. The van der Waals surface area contributed by atoms with E-state index in [1.54, 1.807) is 36.7 Å². The highest BCUT2D eigenvalue weighted by Gasteiger charge is 2.13. The van der Waals surface area contributed by atoms with Gasteiger partial charge in [-0.05, 0) is 30.3 Å². The molecule has 1 aromatic carbocycles. The van der Waals surface area contributed by atoms with E-state index in [9.17, 15) is 13.2 Å². The fraction of sp³-hybridized carbons (Fsp3) is 0.222. The average Bonchev–Trinajstić information content (AvgIpc) is 3.15. The number of amides is 1. The van der Waals surface area contributed by atoms with Crippen molar-refractivity contribution in [1.29, 1.82) is 0 Å². The van der Waals surface area contributed by atoms with Crippen LogP contribution in [-0.4, -0.2) is 42.8 Å². The molecule has 0 fully saturated rings. The van der Waals surface area contributed by atoms with E-state index in [0.29, 0.717) is 23.2 Å². The van der Waals surface area contributed by atoms with Crippen molar-refractivity contribution < 1.29 is 22.5 Å². The predicted octanol–water partition coefficient (Wildman–Crippen LogP) is 2.08. The van der Waals surface area contributed by atoms with Gasteiger partial charge in [0.25, 0.3) is 0 Å². The second-order valence-electron chi connectivity index (χ2n) is 6.09. The molecule has 1 amide bonds. The third-order valence-electron chi connectivity index (χ3n) is 3.73. The Hall–Kier alpha value is -3.47. The average molecular weight is 417 g/mol. The number of aryl methyl sites for hydroxylation is 1. The van der Waals surface area contributed by atoms with Crippen molar-refractivity contribution in [3.63, 3.8) is 0 Å². The summed E-state index contributed by atoms with van der Waals surface area (Å²) in [5.41, 5.74) is 1.37. The zero-order valence-corrected chi connectivity index (χ0v) is 16.6. The summed E-state index contributed by atoms with van der Waals surface area (Å²) in [6.45, 7) is 0. The number of ether oxygens (including phenoxy) is 1. The summed E-state index contributed by atoms with van der Waals surface area (Å²) in [7, 11) is -2.07. The van der Waals surface area contributed by atoms with Crippen LogP contribution in [0.2, 0.25) is 0 Å². The predicted molar refractivity (Wildman–Crippen MR) is 106 cm³/mol. The van der Waals surface area contributed by atoms with Crippen molar-refractivity contribution in [2.45, 2.75) is 12.8 Å². The van der Waals surface area contributed by atoms with Crippen molar-refractivity contribution in [2.24, 2.45) is 0 Å². The highest BCUT2D eigenvalue weighted by atomic mass is 32.2. The Kier molecular flexibility index (Phi) is 6.07. The fourth-order valence-electron chi connectivity index (χ4n) is 2.48. The highest BCUT2D eigenvalue weighted by molar-refractivity contribution is 7.92. The molecule has 0 radical (unpaired) electrons. The summed E-state index contributed by atoms with van der Waals surface area (Å²) in [6.07, 6.45) is 4.65. The Bertz CT molecular complexity index is 1100. The molecular formula is C18H19N5O5S. The van der Waals surface area contributed by atoms with Gasteiger partial charge in [-0.15, -0.1) is 0 Å². The summed E-state index contributed by atoms with van der Waals surface area (Å²) in [4.78, 5) is 20.5. The van der Waals surface area contributed by atoms with E-state index >= 15 is 0 Å². The monoisotopic (exact) mass is 417 g/mol. The summed E-state index contributed by atoms with van der Waals surface area (Å²) in [5, 5.41) is 6.58. The maximum atomic E-state index is 12.2. The van der Waals surface area contributed by atoms with Gasteiger partial charge in [-0.1, -0.05) is 5.16 Å². The normalized spacial score (nSPS) is 11.1. The standard InChI is InChI=1S/C18H19N5O5S/c1-27-15-6-5-13(10-14(15)23-29(2,25)26)20-16(24)7-8-17-21-18(22-28-17)12-4-3-9-19-11-12/h3-6,9-11,23H,7-8H2,1-2H3,(H,20,24). The molecule has 2 aromatic heterocycles. The topological polar surface area (TPSA) is 136 Å². The zero-order chi connectivity index (χ0) is 20.9. The summed E-state index contributed by atoms with van der Waals surface area (Å²) in [5.74, 6) is 0.775. The lowest BCUT2D eigenvalue weighted by Crippen LogP contribution is -2.14. The number of aromatic nitrogens is 3. The molecule has 0 atom stereocenters. The third kappa shape index (κ3) is 5.75. The molecule has 29 heavy (non-hydrogen) atoms. The molecule has 0 aliphatic rings. The smallest absolute Gasteiger partial charge is 0.229 e. The van der Waals surface area contributed by atoms with E-state index in [0.717, 1.165) is 11.8 Å². The van der Waals surface area contributed by atoms with Gasteiger partial charge in [-0.2, -0.15) is 4.98 Å². The van der Waals surface area contributed by atoms with Crippen LogP contribution in [0.25, 0.3) is 11.4 Å². The lowest BCUT2D eigenvalue weighted by Gasteiger charge is -2.12. The van der Waals surface area contributed by atoms with Crippen LogP contribution in [-0.2, 0) is 21.2 Å². The zero-order valence-electron chi connectivity index (χ0n) is 15.7. The van der Waals surface area contributed by atoms with Gasteiger partial charge in [0.05, 0.1) is 19.1 Å². The molecule has 3 aromatic rings. The van der Waals surface area contributed by atoms with Crippen molar-refractivity contribution in [3.05, 3.63) is 48.6 Å². The molecule has 152 valence electrons. The molecular weight excluding hydrogens is 398 g/mol. The van der Waals surface area contributed by atoms with Crippen LogP contribution in [0, 0.1) is 0 Å². The Balaban J connectivity index is 1.61. The van der Waals surface area contributed by atoms with Crippen molar-refractivity contribution in [1.82, 2.24) is 15.1 Å². The first-order valence-corrected chi connectivity index (χ1v) is 10.4. The number of anilines is 2. The number of carbonyl (C=O) groups is 1. The second kappa shape index (κ2) is 8.69. The molecule has 2 N–H and O–H groups in total. The second-order valence-corrected chi connectivity index (χ2v) is 7.84. The molecule has 0 saturated heterocycles. The molecule has 0 aliphatic heterocycles. The summed E-state index contributed by atoms with van der Waals surface area (Å²) >= 11 is 0. The van der Waals surface area contributed by atoms with E-state index < -0.39 is 10.0 Å². The van der Waals surface area contributed by atoms with Crippen LogP contribution in [0.5, 0.6) is 5.75 Å². The lowest BCUT2D eigenvalue weighted by molar-refractivity contribution is -0.116. The number of hydrogen-bond acceptors (Lipinski definition) is 8. The number of hydrogen-bond donors (Lipinski definition) is 2. The van der Waals surface area contributed by atoms with Crippen LogP contribution < -0.4 is 14.8 Å². The Morgan fingerprint density at radius 1 is 1.28 bits per heavy atom. The quantitative estimate of drug-likeness (QED) is 0.568. The first-order chi connectivity index (χ1) is 13.8. The minimum Gasteiger partial charge on any atom is -0.495 e. The van der Waals surface area contributed by atoms with E-state index in [2.05, 4.69) is 25.2 Å². The molecule has 0 spiro atoms. The maximum absolute atomic E-state index is 12.2. The van der Waals surface area contributed by atoms with Gasteiger partial charge in [-0.3, -0.25) is 14.5 Å². The van der Waals surface area contributed by atoms with E-state index in [-0.39, 0.29) is 24.4 Å². The number of rotatable bonds is 8.